The van der Waals surface area contributed by atoms with Gasteiger partial charge in [0, 0.05) is 10.0 Å². The van der Waals surface area contributed by atoms with Gasteiger partial charge in [0.05, 0.1) is 18.5 Å². The number of hydrogen-bond donors (Lipinski definition) is 1. The molecule has 146 valence electrons. The van der Waals surface area contributed by atoms with Crippen LogP contribution in [0.5, 0.6) is 5.75 Å². The Morgan fingerprint density at radius 1 is 1.11 bits per heavy atom. The molecule has 2 aromatic rings. The van der Waals surface area contributed by atoms with Crippen LogP contribution in [0.1, 0.15) is 5.56 Å². The van der Waals surface area contributed by atoms with Crippen molar-refractivity contribution in [1.29, 1.82) is 0 Å². The van der Waals surface area contributed by atoms with Gasteiger partial charge in [-0.15, -0.1) is 0 Å². The van der Waals surface area contributed by atoms with Crippen LogP contribution in [0.2, 0.25) is 10.0 Å². The molecule has 0 bridgehead atoms. The second-order valence-electron chi connectivity index (χ2n) is 5.85. The molecule has 27 heavy (non-hydrogen) atoms. The molecule has 0 aliphatic heterocycles. The van der Waals surface area contributed by atoms with Crippen LogP contribution in [0.4, 0.5) is 5.69 Å². The molecule has 2 rings (SSSR count). The molecule has 0 aliphatic carbocycles. The van der Waals surface area contributed by atoms with Crippen LogP contribution >= 0.6 is 23.2 Å². The smallest absolute Gasteiger partial charge is 0.240 e. The van der Waals surface area contributed by atoms with E-state index in [0.29, 0.717) is 27.0 Å². The summed E-state index contributed by atoms with van der Waals surface area (Å²) in [5.41, 5.74) is 1.07. The van der Waals surface area contributed by atoms with Gasteiger partial charge >= 0.3 is 0 Å². The molecule has 0 aromatic heterocycles. The molecule has 0 spiro atoms. The summed E-state index contributed by atoms with van der Waals surface area (Å²) in [6, 6.07) is 11.7. The fourth-order valence-corrected chi connectivity index (χ4v) is 3.62. The Hall–Kier alpha value is -1.96. The van der Waals surface area contributed by atoms with Gasteiger partial charge in [-0.05, 0) is 55.0 Å². The van der Waals surface area contributed by atoms with E-state index in [1.54, 1.807) is 49.4 Å². The molecule has 6 nitrogen and oxygen atoms in total. The third-order valence-corrected chi connectivity index (χ3v) is 5.24. The fourth-order valence-electron chi connectivity index (χ4n) is 2.36. The number of sulfonamides is 1. The summed E-state index contributed by atoms with van der Waals surface area (Å²) in [7, 11) is -3.64. The molecule has 2 aromatic carbocycles. The van der Waals surface area contributed by atoms with E-state index in [-0.39, 0.29) is 19.7 Å². The molecule has 1 N–H and O–H groups in total. The van der Waals surface area contributed by atoms with Crippen molar-refractivity contribution in [1.82, 2.24) is 5.32 Å². The number of nitrogens with zero attached hydrogens (tertiary/aromatic N) is 1. The van der Waals surface area contributed by atoms with Gasteiger partial charge in [-0.25, -0.2) is 8.42 Å². The molecular weight excluding hydrogens is 411 g/mol. The van der Waals surface area contributed by atoms with Crippen molar-refractivity contribution in [2.24, 2.45) is 0 Å². The SMILES string of the molecule is Cc1cc(Cl)ccc1N(CC(=O)NCCOc1ccc(Cl)cc1)S(C)(=O)=O. The van der Waals surface area contributed by atoms with E-state index in [2.05, 4.69) is 5.32 Å². The van der Waals surface area contributed by atoms with Gasteiger partial charge in [-0.2, -0.15) is 0 Å². The lowest BCUT2D eigenvalue weighted by molar-refractivity contribution is -0.119. The summed E-state index contributed by atoms with van der Waals surface area (Å²) in [4.78, 5) is 12.2. The molecule has 9 heteroatoms. The van der Waals surface area contributed by atoms with Gasteiger partial charge in [0.25, 0.3) is 0 Å². The van der Waals surface area contributed by atoms with E-state index in [1.165, 1.54) is 0 Å². The van der Waals surface area contributed by atoms with Gasteiger partial charge < -0.3 is 10.1 Å². The number of hydrogen-bond acceptors (Lipinski definition) is 4. The lowest BCUT2D eigenvalue weighted by Crippen LogP contribution is -2.41. The average Bonchev–Trinajstić information content (AvgIpc) is 2.58. The van der Waals surface area contributed by atoms with Crippen LogP contribution in [0.25, 0.3) is 0 Å². The number of aryl methyl sites for hydroxylation is 1. The van der Waals surface area contributed by atoms with Crippen molar-refractivity contribution in [3.8, 4) is 5.75 Å². The van der Waals surface area contributed by atoms with Gasteiger partial charge in [0.15, 0.2) is 0 Å². The van der Waals surface area contributed by atoms with E-state index < -0.39 is 15.9 Å². The van der Waals surface area contributed by atoms with Crippen LogP contribution < -0.4 is 14.4 Å². The van der Waals surface area contributed by atoms with Crippen molar-refractivity contribution < 1.29 is 17.9 Å². The predicted octanol–water partition coefficient (Wildman–Crippen LogP) is 3.26. The highest BCUT2D eigenvalue weighted by atomic mass is 35.5. The van der Waals surface area contributed by atoms with Gasteiger partial charge in [0.1, 0.15) is 18.9 Å². The first-order valence-electron chi connectivity index (χ1n) is 8.06. The second kappa shape index (κ2) is 9.30. The Bertz CT molecular complexity index is 902. The van der Waals surface area contributed by atoms with Crippen molar-refractivity contribution in [3.05, 3.63) is 58.1 Å². The third kappa shape index (κ3) is 6.61. The number of amides is 1. The normalized spacial score (nSPS) is 11.1. The van der Waals surface area contributed by atoms with E-state index in [1.807, 2.05) is 0 Å². The molecule has 0 aliphatic rings. The maximum Gasteiger partial charge on any atom is 0.240 e. The molecule has 0 saturated heterocycles. The zero-order valence-electron chi connectivity index (χ0n) is 14.9. The minimum Gasteiger partial charge on any atom is -0.492 e. The highest BCUT2D eigenvalue weighted by molar-refractivity contribution is 7.92. The number of nitrogens with one attached hydrogen (secondary N) is 1. The number of ether oxygens (including phenoxy) is 1. The zero-order chi connectivity index (χ0) is 20.0. The van der Waals surface area contributed by atoms with Gasteiger partial charge in [0.2, 0.25) is 15.9 Å². The summed E-state index contributed by atoms with van der Waals surface area (Å²) in [5.74, 6) is 0.192. The van der Waals surface area contributed by atoms with E-state index >= 15 is 0 Å². The minimum absolute atomic E-state index is 0.235. The van der Waals surface area contributed by atoms with Crippen molar-refractivity contribution in [2.45, 2.75) is 6.92 Å². The van der Waals surface area contributed by atoms with Crippen LogP contribution in [0.15, 0.2) is 42.5 Å². The molecule has 1 amide bonds. The average molecular weight is 431 g/mol. The summed E-state index contributed by atoms with van der Waals surface area (Å²) in [6.07, 6.45) is 1.05. The minimum atomic E-state index is -3.64. The number of anilines is 1. The first kappa shape index (κ1) is 21.3. The summed E-state index contributed by atoms with van der Waals surface area (Å²) in [5, 5.41) is 3.74. The molecular formula is C18H20Cl2N2O4S. The van der Waals surface area contributed by atoms with E-state index in [4.69, 9.17) is 27.9 Å². The monoisotopic (exact) mass is 430 g/mol. The van der Waals surface area contributed by atoms with E-state index in [0.717, 1.165) is 10.6 Å². The summed E-state index contributed by atoms with van der Waals surface area (Å²) in [6.45, 7) is 1.88. The predicted molar refractivity (Wildman–Crippen MR) is 108 cm³/mol. The topological polar surface area (TPSA) is 75.7 Å². The second-order valence-corrected chi connectivity index (χ2v) is 8.63. The maximum atomic E-state index is 12.2. The molecule has 0 radical (unpaired) electrons. The van der Waals surface area contributed by atoms with Crippen molar-refractivity contribution in [3.63, 3.8) is 0 Å². The first-order chi connectivity index (χ1) is 12.7. The molecule has 0 heterocycles. The fraction of sp³-hybridized carbons (Fsp3) is 0.278. The largest absolute Gasteiger partial charge is 0.492 e. The number of benzene rings is 2. The Morgan fingerprint density at radius 2 is 1.74 bits per heavy atom. The lowest BCUT2D eigenvalue weighted by atomic mass is 10.2. The third-order valence-electron chi connectivity index (χ3n) is 3.62. The number of halogens is 2. The Morgan fingerprint density at radius 3 is 2.33 bits per heavy atom. The lowest BCUT2D eigenvalue weighted by Gasteiger charge is -2.23. The summed E-state index contributed by atoms with van der Waals surface area (Å²) < 4.78 is 30.8. The summed E-state index contributed by atoms with van der Waals surface area (Å²) >= 11 is 11.7. The number of carbonyl (C=O) groups is 1. The highest BCUT2D eigenvalue weighted by Gasteiger charge is 2.22. The Balaban J connectivity index is 1.93. The number of rotatable bonds is 8. The van der Waals surface area contributed by atoms with E-state index in [9.17, 15) is 13.2 Å². The Kier molecular flexibility index (Phi) is 7.35. The van der Waals surface area contributed by atoms with Gasteiger partial charge in [-0.1, -0.05) is 23.2 Å². The van der Waals surface area contributed by atoms with Crippen molar-refractivity contribution in [2.75, 3.05) is 30.3 Å². The quantitative estimate of drug-likeness (QED) is 0.651. The van der Waals surface area contributed by atoms with Crippen LogP contribution in [0.3, 0.4) is 0 Å². The molecule has 0 atom stereocenters. The number of carbonyl (C=O) groups excluding carboxylic acids is 1. The van der Waals surface area contributed by atoms with Gasteiger partial charge in [-0.3, -0.25) is 9.10 Å². The molecule has 0 unspecified atom stereocenters. The molecule has 0 fully saturated rings. The molecule has 0 saturated carbocycles. The zero-order valence-corrected chi connectivity index (χ0v) is 17.2. The maximum absolute atomic E-state index is 12.2. The first-order valence-corrected chi connectivity index (χ1v) is 10.7. The standard InChI is InChI=1S/C18H20Cl2N2O4S/c1-13-11-15(20)5-8-17(13)22(27(2,24)25)12-18(23)21-9-10-26-16-6-3-14(19)4-7-16/h3-8,11H,9-10,12H2,1-2H3,(H,21,23). The highest BCUT2D eigenvalue weighted by Crippen LogP contribution is 2.25. The van der Waals surface area contributed by atoms with Crippen LogP contribution in [0, 0.1) is 6.92 Å². The van der Waals surface area contributed by atoms with Crippen molar-refractivity contribution >= 4 is 44.8 Å². The Labute approximate surface area is 169 Å². The van der Waals surface area contributed by atoms with Crippen LogP contribution in [-0.2, 0) is 14.8 Å². The van der Waals surface area contributed by atoms with Crippen LogP contribution in [-0.4, -0.2) is 40.3 Å².